The Labute approximate surface area is 99.4 Å². The van der Waals surface area contributed by atoms with Crippen LogP contribution in [-0.4, -0.2) is 16.6 Å². The highest BCUT2D eigenvalue weighted by Gasteiger charge is 2.15. The molecule has 1 rings (SSSR count). The number of nitrogens with two attached hydrogens (primary N) is 2. The standard InChI is InChI=1S/C11H17N3O3/c12-6-2-1-3-10(13)9-7-8(14(16)17)4-5-11(9)15/h4-5,7,10,15H,1-3,6,12-13H2/t10-/m0/s1. The molecule has 0 saturated carbocycles. The average molecular weight is 239 g/mol. The smallest absolute Gasteiger partial charge is 0.270 e. The second-order valence-corrected chi connectivity index (χ2v) is 3.89. The van der Waals surface area contributed by atoms with Crippen molar-refractivity contribution in [3.8, 4) is 5.75 Å². The number of aromatic hydroxyl groups is 1. The minimum atomic E-state index is -0.504. The Hall–Kier alpha value is -1.66. The van der Waals surface area contributed by atoms with E-state index >= 15 is 0 Å². The van der Waals surface area contributed by atoms with Crippen molar-refractivity contribution in [3.05, 3.63) is 33.9 Å². The largest absolute Gasteiger partial charge is 0.508 e. The van der Waals surface area contributed by atoms with Gasteiger partial charge in [-0.25, -0.2) is 0 Å². The molecule has 0 aliphatic heterocycles. The zero-order valence-electron chi connectivity index (χ0n) is 9.50. The first-order chi connectivity index (χ1) is 8.06. The van der Waals surface area contributed by atoms with Gasteiger partial charge in [0, 0.05) is 23.7 Å². The molecule has 0 bridgehead atoms. The van der Waals surface area contributed by atoms with E-state index in [0.717, 1.165) is 12.8 Å². The Kier molecular flexibility index (Phi) is 4.86. The number of benzene rings is 1. The van der Waals surface area contributed by atoms with E-state index in [0.29, 0.717) is 18.5 Å². The average Bonchev–Trinajstić information content (AvgIpc) is 2.29. The maximum absolute atomic E-state index is 10.6. The third-order valence-corrected chi connectivity index (χ3v) is 2.59. The van der Waals surface area contributed by atoms with Gasteiger partial charge in [0.15, 0.2) is 0 Å². The van der Waals surface area contributed by atoms with Crippen molar-refractivity contribution < 1.29 is 10.0 Å². The van der Waals surface area contributed by atoms with Crippen molar-refractivity contribution in [2.24, 2.45) is 11.5 Å². The molecule has 6 heteroatoms. The Balaban J connectivity index is 2.80. The van der Waals surface area contributed by atoms with E-state index in [-0.39, 0.29) is 11.4 Å². The number of nitrogens with zero attached hydrogens (tertiary/aromatic N) is 1. The molecule has 0 aliphatic rings. The number of hydrogen-bond donors (Lipinski definition) is 3. The summed E-state index contributed by atoms with van der Waals surface area (Å²) in [5.41, 5.74) is 11.6. The molecule has 1 atom stereocenters. The first-order valence-corrected chi connectivity index (χ1v) is 5.49. The lowest BCUT2D eigenvalue weighted by atomic mass is 10.0. The topological polar surface area (TPSA) is 115 Å². The molecule has 0 fully saturated rings. The fraction of sp³-hybridized carbons (Fsp3) is 0.455. The number of phenols is 1. The van der Waals surface area contributed by atoms with Gasteiger partial charge >= 0.3 is 0 Å². The minimum absolute atomic E-state index is 0.00384. The predicted octanol–water partition coefficient (Wildman–Crippen LogP) is 1.43. The van der Waals surface area contributed by atoms with Gasteiger partial charge in [0.2, 0.25) is 0 Å². The van der Waals surface area contributed by atoms with Crippen molar-refractivity contribution in [2.75, 3.05) is 6.54 Å². The van der Waals surface area contributed by atoms with E-state index in [2.05, 4.69) is 0 Å². The summed E-state index contributed by atoms with van der Waals surface area (Å²) in [4.78, 5) is 10.1. The third-order valence-electron chi connectivity index (χ3n) is 2.59. The second-order valence-electron chi connectivity index (χ2n) is 3.89. The van der Waals surface area contributed by atoms with E-state index in [1.54, 1.807) is 0 Å². The fourth-order valence-corrected chi connectivity index (χ4v) is 1.62. The second kappa shape index (κ2) is 6.17. The molecule has 0 radical (unpaired) electrons. The molecule has 6 nitrogen and oxygen atoms in total. The lowest BCUT2D eigenvalue weighted by molar-refractivity contribution is -0.385. The molecule has 1 aromatic rings. The van der Waals surface area contributed by atoms with Crippen LogP contribution in [0.1, 0.15) is 30.9 Å². The van der Waals surface area contributed by atoms with E-state index in [9.17, 15) is 15.2 Å². The van der Waals surface area contributed by atoms with Gasteiger partial charge in [-0.3, -0.25) is 10.1 Å². The number of rotatable bonds is 6. The summed E-state index contributed by atoms with van der Waals surface area (Å²) in [6, 6.07) is 3.48. The summed E-state index contributed by atoms with van der Waals surface area (Å²) in [6.07, 6.45) is 2.33. The van der Waals surface area contributed by atoms with Crippen molar-refractivity contribution in [3.63, 3.8) is 0 Å². The molecule has 1 aromatic carbocycles. The zero-order chi connectivity index (χ0) is 12.8. The molecule has 0 aliphatic carbocycles. The Morgan fingerprint density at radius 1 is 1.41 bits per heavy atom. The van der Waals surface area contributed by atoms with E-state index in [4.69, 9.17) is 11.5 Å². The molecule has 94 valence electrons. The summed E-state index contributed by atoms with van der Waals surface area (Å²) in [7, 11) is 0. The van der Waals surface area contributed by atoms with Gasteiger partial charge in [-0.05, 0) is 25.5 Å². The lowest BCUT2D eigenvalue weighted by Gasteiger charge is -2.13. The van der Waals surface area contributed by atoms with Gasteiger partial charge in [0.1, 0.15) is 5.75 Å². The summed E-state index contributed by atoms with van der Waals surface area (Å²) in [5.74, 6) is -0.00384. The number of unbranched alkanes of at least 4 members (excludes halogenated alkanes) is 1. The van der Waals surface area contributed by atoms with Crippen LogP contribution in [0.4, 0.5) is 5.69 Å². The highest BCUT2D eigenvalue weighted by molar-refractivity contribution is 5.44. The molecule has 0 heterocycles. The highest BCUT2D eigenvalue weighted by atomic mass is 16.6. The van der Waals surface area contributed by atoms with Gasteiger partial charge in [-0.15, -0.1) is 0 Å². The molecule has 0 saturated heterocycles. The van der Waals surface area contributed by atoms with Crippen LogP contribution in [0.2, 0.25) is 0 Å². The molecule has 0 unspecified atom stereocenters. The van der Waals surface area contributed by atoms with Crippen LogP contribution in [0, 0.1) is 10.1 Å². The molecule has 0 spiro atoms. The van der Waals surface area contributed by atoms with Crippen LogP contribution in [0.3, 0.4) is 0 Å². The van der Waals surface area contributed by atoms with Crippen LogP contribution >= 0.6 is 0 Å². The number of nitro groups is 1. The lowest BCUT2D eigenvalue weighted by Crippen LogP contribution is -2.11. The Bertz CT molecular complexity index is 396. The molecule has 5 N–H and O–H groups in total. The number of nitro benzene ring substituents is 1. The van der Waals surface area contributed by atoms with E-state index in [1.807, 2.05) is 0 Å². The molecule has 0 amide bonds. The Morgan fingerprint density at radius 2 is 2.12 bits per heavy atom. The zero-order valence-corrected chi connectivity index (χ0v) is 9.50. The summed E-state index contributed by atoms with van der Waals surface area (Å²) in [5, 5.41) is 20.2. The van der Waals surface area contributed by atoms with Gasteiger partial charge in [0.25, 0.3) is 5.69 Å². The molecular weight excluding hydrogens is 222 g/mol. The first kappa shape index (κ1) is 13.4. The maximum atomic E-state index is 10.6. The van der Waals surface area contributed by atoms with E-state index < -0.39 is 11.0 Å². The summed E-state index contributed by atoms with van der Waals surface area (Å²) >= 11 is 0. The van der Waals surface area contributed by atoms with Crippen LogP contribution < -0.4 is 11.5 Å². The van der Waals surface area contributed by atoms with E-state index in [1.165, 1.54) is 18.2 Å². The summed E-state index contributed by atoms with van der Waals surface area (Å²) < 4.78 is 0. The quantitative estimate of drug-likeness (QED) is 0.394. The predicted molar refractivity (Wildman–Crippen MR) is 64.6 cm³/mol. The van der Waals surface area contributed by atoms with Crippen LogP contribution in [0.15, 0.2) is 18.2 Å². The Morgan fingerprint density at radius 3 is 2.71 bits per heavy atom. The van der Waals surface area contributed by atoms with Gasteiger partial charge in [-0.2, -0.15) is 0 Å². The van der Waals surface area contributed by atoms with Crippen LogP contribution in [-0.2, 0) is 0 Å². The highest BCUT2D eigenvalue weighted by Crippen LogP contribution is 2.29. The summed E-state index contributed by atoms with van der Waals surface area (Å²) in [6.45, 7) is 0.591. The SMILES string of the molecule is NCCCC[C@H](N)c1cc([N+](=O)[O-])ccc1O. The number of hydrogen-bond acceptors (Lipinski definition) is 5. The normalized spacial score (nSPS) is 12.4. The monoisotopic (exact) mass is 239 g/mol. The number of phenolic OH excluding ortho intramolecular Hbond substituents is 1. The van der Waals surface area contributed by atoms with Gasteiger partial charge in [-0.1, -0.05) is 6.42 Å². The van der Waals surface area contributed by atoms with Gasteiger partial charge < -0.3 is 16.6 Å². The van der Waals surface area contributed by atoms with Crippen molar-refractivity contribution in [1.82, 2.24) is 0 Å². The van der Waals surface area contributed by atoms with Crippen molar-refractivity contribution in [2.45, 2.75) is 25.3 Å². The van der Waals surface area contributed by atoms with Gasteiger partial charge in [0.05, 0.1) is 4.92 Å². The van der Waals surface area contributed by atoms with Crippen LogP contribution in [0.5, 0.6) is 5.75 Å². The third kappa shape index (κ3) is 3.69. The maximum Gasteiger partial charge on any atom is 0.270 e. The van der Waals surface area contributed by atoms with Crippen LogP contribution in [0.25, 0.3) is 0 Å². The molecular formula is C11H17N3O3. The number of non-ortho nitro benzene ring substituents is 1. The molecule has 0 aromatic heterocycles. The minimum Gasteiger partial charge on any atom is -0.508 e. The first-order valence-electron chi connectivity index (χ1n) is 5.49. The van der Waals surface area contributed by atoms with Crippen molar-refractivity contribution in [1.29, 1.82) is 0 Å². The fourth-order valence-electron chi connectivity index (χ4n) is 1.62. The van der Waals surface area contributed by atoms with Crippen molar-refractivity contribution >= 4 is 5.69 Å². The molecule has 17 heavy (non-hydrogen) atoms.